The van der Waals surface area contributed by atoms with Gasteiger partial charge in [0, 0.05) is 36.6 Å². The Morgan fingerprint density at radius 1 is 1.24 bits per heavy atom. The largest absolute Gasteiger partial charge is 0.360 e. The Hall–Kier alpha value is -0.970. The highest BCUT2D eigenvalue weighted by Gasteiger charge is 2.27. The van der Waals surface area contributed by atoms with E-state index in [1.807, 2.05) is 16.7 Å². The van der Waals surface area contributed by atoms with E-state index < -0.39 is 0 Å². The quantitative estimate of drug-likeness (QED) is 0.764. The summed E-state index contributed by atoms with van der Waals surface area (Å²) in [5.41, 5.74) is 1.64. The van der Waals surface area contributed by atoms with E-state index in [2.05, 4.69) is 5.16 Å². The zero-order valence-corrected chi connectivity index (χ0v) is 10.6. The van der Waals surface area contributed by atoms with Crippen molar-refractivity contribution < 1.29 is 9.32 Å². The molecule has 0 radical (unpaired) electrons. The summed E-state index contributed by atoms with van der Waals surface area (Å²) in [6, 6.07) is 0. The first-order valence-electron chi connectivity index (χ1n) is 6.20. The fourth-order valence-corrected chi connectivity index (χ4v) is 3.37. The summed E-state index contributed by atoms with van der Waals surface area (Å²) >= 11 is 1.90. The molecule has 1 aliphatic carbocycles. The fourth-order valence-electron chi connectivity index (χ4n) is 2.47. The van der Waals surface area contributed by atoms with Crippen LogP contribution in [-0.4, -0.2) is 40.6 Å². The predicted octanol–water partition coefficient (Wildman–Crippen LogP) is 1.74. The highest BCUT2D eigenvalue weighted by atomic mass is 32.2. The lowest BCUT2D eigenvalue weighted by molar-refractivity contribution is 0.0761. The van der Waals surface area contributed by atoms with E-state index in [0.29, 0.717) is 5.69 Å². The molecular formula is C12H16N2O2S. The molecule has 1 saturated heterocycles. The number of hydrogen-bond donors (Lipinski definition) is 0. The minimum Gasteiger partial charge on any atom is -0.360 e. The van der Waals surface area contributed by atoms with E-state index >= 15 is 0 Å². The molecule has 0 N–H and O–H groups in total. The van der Waals surface area contributed by atoms with Gasteiger partial charge in [0.25, 0.3) is 5.91 Å². The first-order valence-corrected chi connectivity index (χ1v) is 7.36. The molecule has 0 aromatic carbocycles. The lowest BCUT2D eigenvalue weighted by Crippen LogP contribution is -2.38. The molecule has 2 aliphatic rings. The molecule has 1 aliphatic heterocycles. The van der Waals surface area contributed by atoms with E-state index in [1.54, 1.807) is 0 Å². The molecule has 1 amide bonds. The third kappa shape index (κ3) is 2.08. The number of hydrogen-bond acceptors (Lipinski definition) is 4. The Morgan fingerprint density at radius 3 is 2.82 bits per heavy atom. The van der Waals surface area contributed by atoms with Crippen LogP contribution >= 0.6 is 11.8 Å². The summed E-state index contributed by atoms with van der Waals surface area (Å²) in [5.74, 6) is 3.07. The zero-order valence-electron chi connectivity index (χ0n) is 9.78. The molecule has 3 rings (SSSR count). The molecule has 0 bridgehead atoms. The van der Waals surface area contributed by atoms with Gasteiger partial charge in [-0.1, -0.05) is 5.16 Å². The number of amides is 1. The third-order valence-corrected chi connectivity index (χ3v) is 4.39. The van der Waals surface area contributed by atoms with Crippen LogP contribution in [0.5, 0.6) is 0 Å². The highest BCUT2D eigenvalue weighted by molar-refractivity contribution is 7.99. The maximum Gasteiger partial charge on any atom is 0.276 e. The van der Waals surface area contributed by atoms with Crippen molar-refractivity contribution in [2.75, 3.05) is 24.6 Å². The van der Waals surface area contributed by atoms with Gasteiger partial charge in [-0.2, -0.15) is 11.8 Å². The van der Waals surface area contributed by atoms with Gasteiger partial charge in [-0.15, -0.1) is 0 Å². The van der Waals surface area contributed by atoms with Crippen LogP contribution < -0.4 is 0 Å². The molecule has 5 heteroatoms. The Balaban J connectivity index is 1.83. The zero-order chi connectivity index (χ0) is 11.7. The lowest BCUT2D eigenvalue weighted by atomic mass is 9.96. The van der Waals surface area contributed by atoms with Crippen molar-refractivity contribution in [1.82, 2.24) is 10.1 Å². The highest BCUT2D eigenvalue weighted by Crippen LogP contribution is 2.25. The molecule has 4 nitrogen and oxygen atoms in total. The van der Waals surface area contributed by atoms with E-state index in [-0.39, 0.29) is 5.91 Å². The number of aryl methyl sites for hydroxylation is 1. The van der Waals surface area contributed by atoms with Gasteiger partial charge >= 0.3 is 0 Å². The number of aromatic nitrogens is 1. The number of thioether (sulfide) groups is 1. The average Bonchev–Trinajstić information content (AvgIpc) is 2.83. The van der Waals surface area contributed by atoms with Gasteiger partial charge in [0.1, 0.15) is 5.76 Å². The molecule has 1 fully saturated rings. The second-order valence-electron chi connectivity index (χ2n) is 4.54. The summed E-state index contributed by atoms with van der Waals surface area (Å²) in [5, 5.41) is 4.00. The topological polar surface area (TPSA) is 46.3 Å². The van der Waals surface area contributed by atoms with E-state index in [1.165, 1.54) is 0 Å². The van der Waals surface area contributed by atoms with Gasteiger partial charge in [-0.05, 0) is 19.3 Å². The number of nitrogens with zero attached hydrogens (tertiary/aromatic N) is 2. The standard InChI is InChI=1S/C12H16N2O2S/c15-12(14-5-7-17-8-6-14)11-9-3-1-2-4-10(9)16-13-11/h1-8H2. The summed E-state index contributed by atoms with van der Waals surface area (Å²) < 4.78 is 5.30. The monoisotopic (exact) mass is 252 g/mol. The van der Waals surface area contributed by atoms with Crippen LogP contribution in [0.2, 0.25) is 0 Å². The van der Waals surface area contributed by atoms with Gasteiger partial charge in [-0.25, -0.2) is 0 Å². The maximum absolute atomic E-state index is 12.3. The van der Waals surface area contributed by atoms with Crippen LogP contribution in [-0.2, 0) is 12.8 Å². The molecule has 0 atom stereocenters. The van der Waals surface area contributed by atoms with Crippen molar-refractivity contribution in [2.45, 2.75) is 25.7 Å². The minimum atomic E-state index is 0.0669. The first kappa shape index (κ1) is 11.1. The smallest absolute Gasteiger partial charge is 0.276 e. The van der Waals surface area contributed by atoms with Crippen LogP contribution in [0.4, 0.5) is 0 Å². The second kappa shape index (κ2) is 4.72. The van der Waals surface area contributed by atoms with Crippen molar-refractivity contribution in [3.05, 3.63) is 17.0 Å². The van der Waals surface area contributed by atoms with Gasteiger partial charge in [0.15, 0.2) is 5.69 Å². The second-order valence-corrected chi connectivity index (χ2v) is 5.77. The van der Waals surface area contributed by atoms with Gasteiger partial charge < -0.3 is 9.42 Å². The average molecular weight is 252 g/mol. The molecule has 0 saturated carbocycles. The van der Waals surface area contributed by atoms with E-state index in [9.17, 15) is 4.79 Å². The van der Waals surface area contributed by atoms with Crippen molar-refractivity contribution in [2.24, 2.45) is 0 Å². The van der Waals surface area contributed by atoms with E-state index in [4.69, 9.17) is 4.52 Å². The normalized spacial score (nSPS) is 20.1. The van der Waals surface area contributed by atoms with Crippen LogP contribution in [0, 0.1) is 0 Å². The summed E-state index contributed by atoms with van der Waals surface area (Å²) in [6.45, 7) is 1.68. The van der Waals surface area contributed by atoms with Crippen molar-refractivity contribution >= 4 is 17.7 Å². The van der Waals surface area contributed by atoms with Crippen LogP contribution in [0.15, 0.2) is 4.52 Å². The molecule has 2 heterocycles. The molecule has 1 aromatic heterocycles. The summed E-state index contributed by atoms with van der Waals surface area (Å²) in [6.07, 6.45) is 4.18. The molecular weight excluding hydrogens is 236 g/mol. The maximum atomic E-state index is 12.3. The number of rotatable bonds is 1. The van der Waals surface area contributed by atoms with Crippen LogP contribution in [0.25, 0.3) is 0 Å². The number of carbonyl (C=O) groups is 1. The SMILES string of the molecule is O=C(c1noc2c1CCCC2)N1CCSCC1. The van der Waals surface area contributed by atoms with Crippen LogP contribution in [0.1, 0.15) is 34.7 Å². The Labute approximate surface area is 105 Å². The van der Waals surface area contributed by atoms with E-state index in [0.717, 1.165) is 61.6 Å². The van der Waals surface area contributed by atoms with Crippen molar-refractivity contribution in [1.29, 1.82) is 0 Å². The molecule has 0 spiro atoms. The van der Waals surface area contributed by atoms with Gasteiger partial charge in [-0.3, -0.25) is 4.79 Å². The number of carbonyl (C=O) groups excluding carboxylic acids is 1. The first-order chi connectivity index (χ1) is 8.36. The summed E-state index contributed by atoms with van der Waals surface area (Å²) in [4.78, 5) is 14.2. The Kier molecular flexibility index (Phi) is 3.09. The Morgan fingerprint density at radius 2 is 2.00 bits per heavy atom. The van der Waals surface area contributed by atoms with Crippen LogP contribution in [0.3, 0.4) is 0 Å². The molecule has 17 heavy (non-hydrogen) atoms. The molecule has 1 aromatic rings. The third-order valence-electron chi connectivity index (χ3n) is 3.45. The van der Waals surface area contributed by atoms with Crippen molar-refractivity contribution in [3.63, 3.8) is 0 Å². The van der Waals surface area contributed by atoms with Gasteiger partial charge in [0.05, 0.1) is 0 Å². The predicted molar refractivity (Wildman–Crippen MR) is 66.4 cm³/mol. The molecule has 92 valence electrons. The fraction of sp³-hybridized carbons (Fsp3) is 0.667. The Bertz CT molecular complexity index is 424. The minimum absolute atomic E-state index is 0.0669. The van der Waals surface area contributed by atoms with Gasteiger partial charge in [0.2, 0.25) is 0 Å². The lowest BCUT2D eigenvalue weighted by Gasteiger charge is -2.25. The summed E-state index contributed by atoms with van der Waals surface area (Å²) in [7, 11) is 0. The number of fused-ring (bicyclic) bond motifs is 1. The molecule has 0 unspecified atom stereocenters. The van der Waals surface area contributed by atoms with Crippen molar-refractivity contribution in [3.8, 4) is 0 Å².